The summed E-state index contributed by atoms with van der Waals surface area (Å²) in [6, 6.07) is 14.5. The Morgan fingerprint density at radius 2 is 1.79 bits per heavy atom. The maximum Gasteiger partial charge on any atom is 0.126 e. The summed E-state index contributed by atoms with van der Waals surface area (Å²) in [5.74, 6) is 0.926. The quantitative estimate of drug-likeness (QED) is 0.737. The molecule has 0 aromatic heterocycles. The van der Waals surface area contributed by atoms with Crippen molar-refractivity contribution >= 4 is 11.6 Å². The van der Waals surface area contributed by atoms with Gasteiger partial charge in [0, 0.05) is 11.8 Å². The predicted octanol–water partition coefficient (Wildman–Crippen LogP) is 4.40. The fourth-order valence-corrected chi connectivity index (χ4v) is 2.47. The van der Waals surface area contributed by atoms with Crippen molar-refractivity contribution in [1.29, 1.82) is 0 Å². The Bertz CT molecular complexity index is 542. The molecule has 0 saturated heterocycles. The highest BCUT2D eigenvalue weighted by molar-refractivity contribution is 6.18. The van der Waals surface area contributed by atoms with E-state index in [9.17, 15) is 4.39 Å². The molecule has 19 heavy (non-hydrogen) atoms. The van der Waals surface area contributed by atoms with Gasteiger partial charge in [0.1, 0.15) is 11.6 Å². The van der Waals surface area contributed by atoms with E-state index in [1.165, 1.54) is 6.07 Å². The van der Waals surface area contributed by atoms with Crippen molar-refractivity contribution in [2.45, 2.75) is 12.3 Å². The highest BCUT2D eigenvalue weighted by atomic mass is 35.5. The zero-order chi connectivity index (χ0) is 13.7. The van der Waals surface area contributed by atoms with E-state index in [-0.39, 0.29) is 11.7 Å². The Balaban J connectivity index is 2.27. The van der Waals surface area contributed by atoms with Gasteiger partial charge in [0.25, 0.3) is 0 Å². The van der Waals surface area contributed by atoms with Gasteiger partial charge in [0.15, 0.2) is 0 Å². The number of ether oxygens (including phenoxy) is 1. The molecule has 0 radical (unpaired) electrons. The lowest BCUT2D eigenvalue weighted by molar-refractivity contribution is 0.408. The SMILES string of the molecule is COc1ccccc1CC(CCl)c1ccccc1F. The fraction of sp³-hybridized carbons (Fsp3) is 0.250. The lowest BCUT2D eigenvalue weighted by Crippen LogP contribution is -2.08. The second kappa shape index (κ2) is 6.58. The molecule has 0 aliphatic carbocycles. The summed E-state index contributed by atoms with van der Waals surface area (Å²) in [7, 11) is 1.64. The lowest BCUT2D eigenvalue weighted by Gasteiger charge is -2.17. The second-order valence-electron chi connectivity index (χ2n) is 4.39. The first kappa shape index (κ1) is 13.9. The third kappa shape index (κ3) is 3.27. The third-order valence-electron chi connectivity index (χ3n) is 3.19. The first-order chi connectivity index (χ1) is 9.26. The van der Waals surface area contributed by atoms with Gasteiger partial charge in [-0.05, 0) is 29.7 Å². The van der Waals surface area contributed by atoms with Crippen LogP contribution >= 0.6 is 11.6 Å². The van der Waals surface area contributed by atoms with Gasteiger partial charge < -0.3 is 4.74 Å². The number of methoxy groups -OCH3 is 1. The van der Waals surface area contributed by atoms with Gasteiger partial charge in [-0.2, -0.15) is 0 Å². The van der Waals surface area contributed by atoms with Crippen LogP contribution in [-0.4, -0.2) is 13.0 Å². The van der Waals surface area contributed by atoms with Crippen LogP contribution in [0.15, 0.2) is 48.5 Å². The van der Waals surface area contributed by atoms with Crippen molar-refractivity contribution in [2.24, 2.45) is 0 Å². The average Bonchev–Trinajstić information content (AvgIpc) is 2.46. The maximum absolute atomic E-state index is 13.8. The molecule has 0 N–H and O–H groups in total. The van der Waals surface area contributed by atoms with Crippen molar-refractivity contribution in [1.82, 2.24) is 0 Å². The van der Waals surface area contributed by atoms with E-state index in [2.05, 4.69) is 0 Å². The first-order valence-corrected chi connectivity index (χ1v) is 6.72. The van der Waals surface area contributed by atoms with Crippen molar-refractivity contribution < 1.29 is 9.13 Å². The van der Waals surface area contributed by atoms with Crippen LogP contribution in [0.4, 0.5) is 4.39 Å². The summed E-state index contributed by atoms with van der Waals surface area (Å²) in [5, 5.41) is 0. The zero-order valence-corrected chi connectivity index (χ0v) is 11.5. The van der Waals surface area contributed by atoms with Crippen LogP contribution < -0.4 is 4.74 Å². The van der Waals surface area contributed by atoms with Crippen molar-refractivity contribution in [2.75, 3.05) is 13.0 Å². The van der Waals surface area contributed by atoms with Gasteiger partial charge in [-0.15, -0.1) is 11.6 Å². The van der Waals surface area contributed by atoms with E-state index in [0.717, 1.165) is 11.3 Å². The highest BCUT2D eigenvalue weighted by Crippen LogP contribution is 2.28. The number of hydrogen-bond acceptors (Lipinski definition) is 1. The Labute approximate surface area is 118 Å². The summed E-state index contributed by atoms with van der Waals surface area (Å²) >= 11 is 6.01. The molecule has 0 aliphatic heterocycles. The van der Waals surface area contributed by atoms with Crippen molar-refractivity contribution in [3.05, 3.63) is 65.5 Å². The van der Waals surface area contributed by atoms with Crippen molar-refractivity contribution in [3.63, 3.8) is 0 Å². The number of para-hydroxylation sites is 1. The molecule has 0 spiro atoms. The molecule has 0 amide bonds. The Morgan fingerprint density at radius 3 is 2.47 bits per heavy atom. The molecular weight excluding hydrogens is 263 g/mol. The van der Waals surface area contributed by atoms with E-state index in [1.807, 2.05) is 30.3 Å². The topological polar surface area (TPSA) is 9.23 Å². The summed E-state index contributed by atoms with van der Waals surface area (Å²) in [6.07, 6.45) is 0.661. The first-order valence-electron chi connectivity index (χ1n) is 6.18. The second-order valence-corrected chi connectivity index (χ2v) is 4.70. The number of rotatable bonds is 5. The van der Waals surface area contributed by atoms with E-state index < -0.39 is 0 Å². The van der Waals surface area contributed by atoms with Crippen molar-refractivity contribution in [3.8, 4) is 5.75 Å². The normalized spacial score (nSPS) is 12.2. The molecule has 0 aliphatic rings. The van der Waals surface area contributed by atoms with Crippen LogP contribution in [0.5, 0.6) is 5.75 Å². The van der Waals surface area contributed by atoms with Gasteiger partial charge in [-0.25, -0.2) is 4.39 Å². The minimum Gasteiger partial charge on any atom is -0.496 e. The van der Waals surface area contributed by atoms with Gasteiger partial charge >= 0.3 is 0 Å². The standard InChI is InChI=1S/C16H16ClFO/c1-19-16-9-5-2-6-12(16)10-13(11-17)14-7-3-4-8-15(14)18/h2-9,13H,10-11H2,1H3. The van der Waals surface area contributed by atoms with Crippen LogP contribution in [0.3, 0.4) is 0 Å². The van der Waals surface area contributed by atoms with Crippen LogP contribution in [0.2, 0.25) is 0 Å². The molecular formula is C16H16ClFO. The molecule has 0 bridgehead atoms. The van der Waals surface area contributed by atoms with E-state index in [1.54, 1.807) is 19.2 Å². The van der Waals surface area contributed by atoms with Gasteiger partial charge in [-0.3, -0.25) is 0 Å². The molecule has 1 nitrogen and oxygen atoms in total. The highest BCUT2D eigenvalue weighted by Gasteiger charge is 2.16. The largest absolute Gasteiger partial charge is 0.496 e. The predicted molar refractivity (Wildman–Crippen MR) is 76.6 cm³/mol. The van der Waals surface area contributed by atoms with E-state index in [0.29, 0.717) is 17.9 Å². The Hall–Kier alpha value is -1.54. The number of alkyl halides is 1. The van der Waals surface area contributed by atoms with E-state index in [4.69, 9.17) is 16.3 Å². The summed E-state index contributed by atoms with van der Waals surface area (Å²) in [4.78, 5) is 0. The molecule has 100 valence electrons. The Kier molecular flexibility index (Phi) is 4.80. The van der Waals surface area contributed by atoms with E-state index >= 15 is 0 Å². The van der Waals surface area contributed by atoms with Crippen LogP contribution in [-0.2, 0) is 6.42 Å². The lowest BCUT2D eigenvalue weighted by atomic mass is 9.93. The summed E-state index contributed by atoms with van der Waals surface area (Å²) < 4.78 is 19.1. The number of hydrogen-bond donors (Lipinski definition) is 0. The molecule has 1 unspecified atom stereocenters. The van der Waals surface area contributed by atoms with Crippen LogP contribution in [0, 0.1) is 5.82 Å². The third-order valence-corrected chi connectivity index (χ3v) is 3.56. The fourth-order valence-electron chi connectivity index (χ4n) is 2.19. The molecule has 2 aromatic rings. The minimum absolute atomic E-state index is 0.0563. The van der Waals surface area contributed by atoms with Gasteiger partial charge in [0.2, 0.25) is 0 Å². The van der Waals surface area contributed by atoms with Gasteiger partial charge in [0.05, 0.1) is 7.11 Å². The smallest absolute Gasteiger partial charge is 0.126 e. The molecule has 0 heterocycles. The molecule has 1 atom stereocenters. The van der Waals surface area contributed by atoms with Crippen LogP contribution in [0.1, 0.15) is 17.0 Å². The monoisotopic (exact) mass is 278 g/mol. The zero-order valence-electron chi connectivity index (χ0n) is 10.8. The summed E-state index contributed by atoms with van der Waals surface area (Å²) in [6.45, 7) is 0. The molecule has 2 aromatic carbocycles. The molecule has 2 rings (SSSR count). The molecule has 0 fully saturated rings. The molecule has 3 heteroatoms. The molecule has 0 saturated carbocycles. The average molecular weight is 279 g/mol. The maximum atomic E-state index is 13.8. The number of benzene rings is 2. The Morgan fingerprint density at radius 1 is 1.11 bits per heavy atom. The van der Waals surface area contributed by atoms with Crippen LogP contribution in [0.25, 0.3) is 0 Å². The minimum atomic E-state index is -0.206. The van der Waals surface area contributed by atoms with Gasteiger partial charge in [-0.1, -0.05) is 36.4 Å². The summed E-state index contributed by atoms with van der Waals surface area (Å²) in [5.41, 5.74) is 1.70. The number of halogens is 2.